The van der Waals surface area contributed by atoms with Crippen LogP contribution in [-0.2, 0) is 22.6 Å². The minimum absolute atomic E-state index is 0.158. The summed E-state index contributed by atoms with van der Waals surface area (Å²) in [6.45, 7) is 0. The number of aromatic nitrogens is 4. The maximum Gasteiger partial charge on any atom is 0.184 e. The number of pyridine rings is 1. The van der Waals surface area contributed by atoms with Crippen LogP contribution in [0.3, 0.4) is 0 Å². The molecule has 6 aromatic rings. The molecular formula is C29H20F2N4O3S. The number of benzene rings is 3. The van der Waals surface area contributed by atoms with Gasteiger partial charge >= 0.3 is 0 Å². The molecule has 7 nitrogen and oxygen atoms in total. The SMILES string of the molecule is Cn1nccc1-c1cc(-c2cc(F)cc(F)c2)ccc1-c1nccc2cc(S(=O)(=O)Cc3ccon3)ccc12. The van der Waals surface area contributed by atoms with Crippen LogP contribution in [0.1, 0.15) is 5.69 Å². The maximum absolute atomic E-state index is 14.0. The first-order valence-electron chi connectivity index (χ1n) is 11.9. The van der Waals surface area contributed by atoms with Crippen molar-refractivity contribution < 1.29 is 21.7 Å². The smallest absolute Gasteiger partial charge is 0.184 e. The Bertz CT molecular complexity index is 1930. The zero-order valence-electron chi connectivity index (χ0n) is 20.5. The van der Waals surface area contributed by atoms with Gasteiger partial charge in [0.1, 0.15) is 23.7 Å². The summed E-state index contributed by atoms with van der Waals surface area (Å²) in [5.41, 5.74) is 4.24. The molecule has 0 N–H and O–H groups in total. The van der Waals surface area contributed by atoms with Crippen LogP contribution >= 0.6 is 0 Å². The molecule has 0 unspecified atom stereocenters. The third-order valence-corrected chi connectivity index (χ3v) is 8.14. The zero-order chi connectivity index (χ0) is 27.1. The number of hydrogen-bond donors (Lipinski definition) is 0. The van der Waals surface area contributed by atoms with Crippen LogP contribution < -0.4 is 0 Å². The first-order chi connectivity index (χ1) is 18.8. The molecule has 194 valence electrons. The van der Waals surface area contributed by atoms with Crippen LogP contribution in [0.5, 0.6) is 0 Å². The lowest BCUT2D eigenvalue weighted by atomic mass is 9.93. The van der Waals surface area contributed by atoms with Crippen molar-refractivity contribution in [1.82, 2.24) is 19.9 Å². The predicted octanol–water partition coefficient (Wildman–Crippen LogP) is 6.21. The fraction of sp³-hybridized carbons (Fsp3) is 0.0690. The van der Waals surface area contributed by atoms with Gasteiger partial charge in [-0.25, -0.2) is 17.2 Å². The van der Waals surface area contributed by atoms with E-state index in [-0.39, 0.29) is 10.6 Å². The van der Waals surface area contributed by atoms with Crippen LogP contribution in [0.4, 0.5) is 8.78 Å². The van der Waals surface area contributed by atoms with Crippen molar-refractivity contribution >= 4 is 20.6 Å². The minimum Gasteiger partial charge on any atom is -0.364 e. The van der Waals surface area contributed by atoms with E-state index in [1.807, 2.05) is 18.2 Å². The Labute approximate surface area is 222 Å². The second-order valence-corrected chi connectivity index (χ2v) is 11.0. The molecule has 0 aliphatic carbocycles. The molecule has 3 aromatic heterocycles. The molecule has 0 saturated heterocycles. The second kappa shape index (κ2) is 9.55. The maximum atomic E-state index is 14.0. The molecule has 0 spiro atoms. The van der Waals surface area contributed by atoms with Gasteiger partial charge in [-0.3, -0.25) is 9.67 Å². The van der Waals surface area contributed by atoms with Gasteiger partial charge < -0.3 is 4.52 Å². The highest BCUT2D eigenvalue weighted by molar-refractivity contribution is 7.90. The Balaban J connectivity index is 1.50. The largest absolute Gasteiger partial charge is 0.364 e. The summed E-state index contributed by atoms with van der Waals surface area (Å²) in [6.07, 6.45) is 4.61. The summed E-state index contributed by atoms with van der Waals surface area (Å²) in [5, 5.41) is 9.43. The quantitative estimate of drug-likeness (QED) is 0.249. The van der Waals surface area contributed by atoms with E-state index < -0.39 is 21.5 Å². The monoisotopic (exact) mass is 542 g/mol. The van der Waals surface area contributed by atoms with Crippen molar-refractivity contribution in [3.63, 3.8) is 0 Å². The van der Waals surface area contributed by atoms with Crippen molar-refractivity contribution in [2.45, 2.75) is 10.6 Å². The third-order valence-electron chi connectivity index (χ3n) is 6.49. The lowest BCUT2D eigenvalue weighted by molar-refractivity contribution is 0.413. The Morgan fingerprint density at radius 1 is 0.846 bits per heavy atom. The summed E-state index contributed by atoms with van der Waals surface area (Å²) in [4.78, 5) is 4.80. The van der Waals surface area contributed by atoms with Gasteiger partial charge in [-0.05, 0) is 59.0 Å². The molecule has 0 aliphatic heterocycles. The molecule has 0 bridgehead atoms. The highest BCUT2D eigenvalue weighted by Crippen LogP contribution is 2.38. The molecule has 39 heavy (non-hydrogen) atoms. The normalized spacial score (nSPS) is 11.8. The minimum atomic E-state index is -3.66. The standard InChI is InChI=1S/C29H20F2N4O3S/c1-35-28(7-10-33-35)27-15-18(20-12-21(30)16-22(31)13-20)2-4-26(27)29-25-5-3-24(14-19(25)6-9-32-29)39(36,37)17-23-8-11-38-34-23/h2-16H,17H2,1H3. The van der Waals surface area contributed by atoms with E-state index in [4.69, 9.17) is 4.52 Å². The first kappa shape index (κ1) is 24.6. The number of nitrogens with zero attached hydrogens (tertiary/aromatic N) is 4. The fourth-order valence-corrected chi connectivity index (χ4v) is 5.94. The highest BCUT2D eigenvalue weighted by Gasteiger charge is 2.20. The molecule has 0 atom stereocenters. The Morgan fingerprint density at radius 3 is 2.38 bits per heavy atom. The summed E-state index contributed by atoms with van der Waals surface area (Å²) < 4.78 is 60.4. The Hall–Kier alpha value is -4.70. The molecule has 0 aliphatic rings. The van der Waals surface area contributed by atoms with E-state index in [2.05, 4.69) is 15.2 Å². The van der Waals surface area contributed by atoms with E-state index in [9.17, 15) is 17.2 Å². The van der Waals surface area contributed by atoms with Crippen LogP contribution in [0.2, 0.25) is 0 Å². The number of halogens is 2. The summed E-state index contributed by atoms with van der Waals surface area (Å²) >= 11 is 0. The van der Waals surface area contributed by atoms with Gasteiger partial charge in [0.05, 0.1) is 22.0 Å². The van der Waals surface area contributed by atoms with E-state index in [0.717, 1.165) is 28.3 Å². The summed E-state index contributed by atoms with van der Waals surface area (Å²) in [5.74, 6) is -1.61. The van der Waals surface area contributed by atoms with Gasteiger partial charge in [-0.1, -0.05) is 23.4 Å². The van der Waals surface area contributed by atoms with Gasteiger partial charge in [0.25, 0.3) is 0 Å². The van der Waals surface area contributed by atoms with Crippen molar-refractivity contribution in [3.05, 3.63) is 109 Å². The van der Waals surface area contributed by atoms with E-state index >= 15 is 0 Å². The van der Waals surface area contributed by atoms with Crippen LogP contribution in [0, 0.1) is 11.6 Å². The molecule has 3 heterocycles. The molecule has 10 heteroatoms. The number of hydrogen-bond acceptors (Lipinski definition) is 6. The van der Waals surface area contributed by atoms with Gasteiger partial charge in [0, 0.05) is 48.1 Å². The Kier molecular flexibility index (Phi) is 6.03. The lowest BCUT2D eigenvalue weighted by Gasteiger charge is -2.15. The van der Waals surface area contributed by atoms with E-state index in [0.29, 0.717) is 27.9 Å². The molecule has 6 rings (SSSR count). The van der Waals surface area contributed by atoms with Gasteiger partial charge in [0.2, 0.25) is 0 Å². The number of sulfone groups is 1. The average molecular weight is 543 g/mol. The van der Waals surface area contributed by atoms with Gasteiger partial charge in [-0.15, -0.1) is 0 Å². The lowest BCUT2D eigenvalue weighted by Crippen LogP contribution is -2.05. The predicted molar refractivity (Wildman–Crippen MR) is 142 cm³/mol. The molecule has 0 saturated carbocycles. The first-order valence-corrected chi connectivity index (χ1v) is 13.5. The molecule has 3 aromatic carbocycles. The number of rotatable bonds is 6. The topological polar surface area (TPSA) is 90.9 Å². The van der Waals surface area contributed by atoms with Crippen molar-refractivity contribution in [3.8, 4) is 33.6 Å². The Morgan fingerprint density at radius 2 is 1.67 bits per heavy atom. The highest BCUT2D eigenvalue weighted by atomic mass is 32.2. The van der Waals surface area contributed by atoms with Crippen LogP contribution in [0.15, 0.2) is 101 Å². The molecule has 0 amide bonds. The fourth-order valence-electron chi connectivity index (χ4n) is 4.65. The zero-order valence-corrected chi connectivity index (χ0v) is 21.4. The molecular weight excluding hydrogens is 522 g/mol. The summed E-state index contributed by atoms with van der Waals surface area (Å²) in [6, 6.07) is 18.9. The summed E-state index contributed by atoms with van der Waals surface area (Å²) in [7, 11) is -1.86. The van der Waals surface area contributed by atoms with Crippen LogP contribution in [0.25, 0.3) is 44.4 Å². The number of aryl methyl sites for hydroxylation is 1. The van der Waals surface area contributed by atoms with Crippen LogP contribution in [-0.4, -0.2) is 28.3 Å². The van der Waals surface area contributed by atoms with Gasteiger partial charge in [-0.2, -0.15) is 5.10 Å². The van der Waals surface area contributed by atoms with Crippen molar-refractivity contribution in [2.24, 2.45) is 7.05 Å². The molecule has 0 radical (unpaired) electrons. The van der Waals surface area contributed by atoms with E-state index in [1.54, 1.807) is 54.5 Å². The van der Waals surface area contributed by atoms with Gasteiger partial charge in [0.15, 0.2) is 9.84 Å². The second-order valence-electron chi connectivity index (χ2n) is 9.05. The average Bonchev–Trinajstić information content (AvgIpc) is 3.58. The van der Waals surface area contributed by atoms with Crippen molar-refractivity contribution in [1.29, 1.82) is 0 Å². The van der Waals surface area contributed by atoms with E-state index in [1.165, 1.54) is 24.5 Å². The third kappa shape index (κ3) is 4.70. The molecule has 0 fully saturated rings. The number of fused-ring (bicyclic) bond motifs is 1. The van der Waals surface area contributed by atoms with Crippen molar-refractivity contribution in [2.75, 3.05) is 0 Å².